The van der Waals surface area contributed by atoms with Gasteiger partial charge in [0.1, 0.15) is 22.9 Å². The molecule has 0 N–H and O–H groups in total. The molecule has 0 radical (unpaired) electrons. The summed E-state index contributed by atoms with van der Waals surface area (Å²) in [5.41, 5.74) is 1.54. The number of piperazine rings is 1. The lowest BCUT2D eigenvalue weighted by molar-refractivity contribution is -0.131. The van der Waals surface area contributed by atoms with Gasteiger partial charge in [0, 0.05) is 26.2 Å². The minimum atomic E-state index is -4.19. The summed E-state index contributed by atoms with van der Waals surface area (Å²) < 4.78 is 55.2. The highest BCUT2D eigenvalue weighted by atomic mass is 32.2. The first-order valence-electron chi connectivity index (χ1n) is 9.40. The molecule has 0 saturated carbocycles. The first-order valence-corrected chi connectivity index (χ1v) is 10.8. The molecule has 0 bridgehead atoms. The zero-order chi connectivity index (χ0) is 22.0. The number of nitrogens with zero attached hydrogens (tertiary/aromatic N) is 6. The van der Waals surface area contributed by atoms with Crippen molar-refractivity contribution in [1.82, 2.24) is 29.4 Å². The Morgan fingerprint density at radius 1 is 1.00 bits per heavy atom. The van der Waals surface area contributed by atoms with E-state index in [0.29, 0.717) is 6.07 Å². The van der Waals surface area contributed by atoms with Crippen LogP contribution in [0.2, 0.25) is 0 Å². The van der Waals surface area contributed by atoms with Crippen molar-refractivity contribution in [2.75, 3.05) is 26.2 Å². The van der Waals surface area contributed by atoms with Gasteiger partial charge in [0.15, 0.2) is 0 Å². The smallest absolute Gasteiger partial charge is 0.246 e. The fourth-order valence-corrected chi connectivity index (χ4v) is 4.82. The van der Waals surface area contributed by atoms with E-state index in [-0.39, 0.29) is 38.5 Å². The van der Waals surface area contributed by atoms with Crippen molar-refractivity contribution >= 4 is 15.9 Å². The molecule has 0 atom stereocenters. The van der Waals surface area contributed by atoms with Crippen LogP contribution in [0.4, 0.5) is 8.78 Å². The van der Waals surface area contributed by atoms with Gasteiger partial charge < -0.3 is 4.90 Å². The van der Waals surface area contributed by atoms with E-state index in [1.807, 2.05) is 0 Å². The van der Waals surface area contributed by atoms with Gasteiger partial charge in [-0.25, -0.2) is 21.9 Å². The van der Waals surface area contributed by atoms with Gasteiger partial charge in [0.05, 0.1) is 12.1 Å². The molecule has 0 spiro atoms. The summed E-state index contributed by atoms with van der Waals surface area (Å²) >= 11 is 0. The number of aromatic nitrogens is 4. The van der Waals surface area contributed by atoms with Crippen molar-refractivity contribution < 1.29 is 22.0 Å². The number of hydrogen-bond donors (Lipinski definition) is 0. The Morgan fingerprint density at radius 2 is 1.71 bits per heavy atom. The quantitative estimate of drug-likeness (QED) is 0.578. The van der Waals surface area contributed by atoms with Crippen molar-refractivity contribution in [3.63, 3.8) is 0 Å². The molecule has 2 aromatic carbocycles. The van der Waals surface area contributed by atoms with Crippen molar-refractivity contribution in [3.8, 4) is 5.69 Å². The highest BCUT2D eigenvalue weighted by Gasteiger charge is 2.32. The molecular weight excluding hydrogens is 430 g/mol. The number of halogens is 2. The number of sulfonamides is 1. The Labute approximate surface area is 176 Å². The Hall–Kier alpha value is -3.25. The van der Waals surface area contributed by atoms with Crippen molar-refractivity contribution in [2.24, 2.45) is 0 Å². The van der Waals surface area contributed by atoms with Gasteiger partial charge in [0.2, 0.25) is 15.9 Å². The minimum absolute atomic E-state index is 0.00225. The molecule has 31 heavy (non-hydrogen) atoms. The maximum absolute atomic E-state index is 13.9. The predicted octanol–water partition coefficient (Wildman–Crippen LogP) is 1.02. The van der Waals surface area contributed by atoms with Crippen LogP contribution in [0.25, 0.3) is 5.69 Å². The van der Waals surface area contributed by atoms with E-state index in [2.05, 4.69) is 15.5 Å². The van der Waals surface area contributed by atoms with Crippen molar-refractivity contribution in [3.05, 3.63) is 66.0 Å². The first kappa shape index (κ1) is 21.0. The van der Waals surface area contributed by atoms with Crippen LogP contribution in [0.1, 0.15) is 5.56 Å². The van der Waals surface area contributed by atoms with Crippen LogP contribution in [0.3, 0.4) is 0 Å². The highest BCUT2D eigenvalue weighted by molar-refractivity contribution is 7.89. The third-order valence-corrected chi connectivity index (χ3v) is 6.92. The van der Waals surface area contributed by atoms with Gasteiger partial charge in [-0.05, 0) is 46.3 Å². The number of amides is 1. The summed E-state index contributed by atoms with van der Waals surface area (Å²) in [4.78, 5) is 13.5. The van der Waals surface area contributed by atoms with Gasteiger partial charge >= 0.3 is 0 Å². The lowest BCUT2D eigenvalue weighted by Crippen LogP contribution is -2.51. The van der Waals surface area contributed by atoms with E-state index >= 15 is 0 Å². The van der Waals surface area contributed by atoms with Gasteiger partial charge in [-0.15, -0.1) is 5.10 Å². The highest BCUT2D eigenvalue weighted by Crippen LogP contribution is 2.22. The topological polar surface area (TPSA) is 101 Å². The molecule has 9 nitrogen and oxygen atoms in total. The Balaban J connectivity index is 1.37. The van der Waals surface area contributed by atoms with Crippen LogP contribution in [-0.2, 0) is 21.2 Å². The second-order valence-corrected chi connectivity index (χ2v) is 8.86. The zero-order valence-electron chi connectivity index (χ0n) is 16.2. The monoisotopic (exact) mass is 448 g/mol. The van der Waals surface area contributed by atoms with Crippen molar-refractivity contribution in [1.29, 1.82) is 0 Å². The van der Waals surface area contributed by atoms with Gasteiger partial charge in [-0.1, -0.05) is 12.1 Å². The molecule has 1 saturated heterocycles. The van der Waals surface area contributed by atoms with Gasteiger partial charge in [-0.2, -0.15) is 4.31 Å². The number of carbonyl (C=O) groups excluding carboxylic acids is 1. The number of tetrazole rings is 1. The minimum Gasteiger partial charge on any atom is -0.340 e. The fraction of sp³-hybridized carbons (Fsp3) is 0.263. The zero-order valence-corrected chi connectivity index (χ0v) is 17.0. The molecule has 2 heterocycles. The maximum Gasteiger partial charge on any atom is 0.246 e. The Bertz CT molecular complexity index is 1180. The molecule has 162 valence electrons. The SMILES string of the molecule is O=C(Cc1ccc(-n2cnnn2)cc1)N1CCN(S(=O)(=O)c2cc(F)ccc2F)CC1. The van der Waals surface area contributed by atoms with Crippen LogP contribution in [-0.4, -0.2) is 69.9 Å². The molecule has 3 aromatic rings. The van der Waals surface area contributed by atoms with E-state index in [0.717, 1.165) is 27.7 Å². The second kappa shape index (κ2) is 8.47. The van der Waals surface area contributed by atoms with Crippen LogP contribution in [0, 0.1) is 11.6 Å². The summed E-state index contributed by atoms with van der Waals surface area (Å²) in [6.45, 7) is 0.333. The molecule has 1 amide bonds. The Kier molecular flexibility index (Phi) is 5.74. The summed E-state index contributed by atoms with van der Waals surface area (Å²) in [5, 5.41) is 10.9. The molecule has 4 rings (SSSR count). The Morgan fingerprint density at radius 3 is 2.35 bits per heavy atom. The van der Waals surface area contributed by atoms with Crippen LogP contribution in [0.5, 0.6) is 0 Å². The van der Waals surface area contributed by atoms with E-state index in [4.69, 9.17) is 0 Å². The molecule has 0 unspecified atom stereocenters. The number of carbonyl (C=O) groups is 1. The lowest BCUT2D eigenvalue weighted by atomic mass is 10.1. The van der Waals surface area contributed by atoms with Crippen LogP contribution >= 0.6 is 0 Å². The van der Waals surface area contributed by atoms with E-state index in [9.17, 15) is 22.0 Å². The number of benzene rings is 2. The van der Waals surface area contributed by atoms with Gasteiger partial charge in [-0.3, -0.25) is 4.79 Å². The van der Waals surface area contributed by atoms with Crippen molar-refractivity contribution in [2.45, 2.75) is 11.3 Å². The third kappa shape index (κ3) is 4.44. The maximum atomic E-state index is 13.9. The molecular formula is C19H18F2N6O3S. The predicted molar refractivity (Wildman–Crippen MR) is 105 cm³/mol. The number of hydrogen-bond acceptors (Lipinski definition) is 6. The average Bonchev–Trinajstić information content (AvgIpc) is 3.31. The van der Waals surface area contributed by atoms with E-state index in [1.54, 1.807) is 29.2 Å². The molecule has 1 aromatic heterocycles. The van der Waals surface area contributed by atoms with Crippen LogP contribution < -0.4 is 0 Å². The molecule has 1 aliphatic rings. The first-order chi connectivity index (χ1) is 14.8. The van der Waals surface area contributed by atoms with Crippen LogP contribution in [0.15, 0.2) is 53.7 Å². The van der Waals surface area contributed by atoms with Gasteiger partial charge in [0.25, 0.3) is 0 Å². The molecule has 12 heteroatoms. The summed E-state index contributed by atoms with van der Waals surface area (Å²) in [7, 11) is -4.19. The average molecular weight is 448 g/mol. The summed E-state index contributed by atoms with van der Waals surface area (Å²) in [5.74, 6) is -1.99. The second-order valence-electron chi connectivity index (χ2n) is 6.96. The molecule has 1 fully saturated rings. The largest absolute Gasteiger partial charge is 0.340 e. The summed E-state index contributed by atoms with van der Waals surface area (Å²) in [6, 6.07) is 9.48. The standard InChI is InChI=1S/C19H18F2N6O3S/c20-15-3-6-17(21)18(12-15)31(29,30)26-9-7-25(8-10-26)19(28)11-14-1-4-16(5-2-14)27-13-22-23-24-27/h1-6,12-13H,7-11H2. The third-order valence-electron chi connectivity index (χ3n) is 5.01. The fourth-order valence-electron chi connectivity index (χ4n) is 3.32. The molecule has 1 aliphatic heterocycles. The lowest BCUT2D eigenvalue weighted by Gasteiger charge is -2.34. The number of rotatable bonds is 5. The molecule has 0 aliphatic carbocycles. The summed E-state index contributed by atoms with van der Waals surface area (Å²) in [6.07, 6.45) is 1.62. The van der Waals surface area contributed by atoms with E-state index < -0.39 is 26.6 Å². The van der Waals surface area contributed by atoms with E-state index in [1.165, 1.54) is 11.0 Å². The normalized spacial score (nSPS) is 15.2.